The number of hydrogen-bond donors (Lipinski definition) is 2. The highest BCUT2D eigenvalue weighted by molar-refractivity contribution is 7.99. The highest BCUT2D eigenvalue weighted by Gasteiger charge is 2.13. The van der Waals surface area contributed by atoms with Gasteiger partial charge in [-0.2, -0.15) is 4.68 Å². The Balaban J connectivity index is 1.55. The first kappa shape index (κ1) is 17.9. The van der Waals surface area contributed by atoms with Gasteiger partial charge in [0, 0.05) is 10.7 Å². The molecular formula is C16H13ClN6O2S. The van der Waals surface area contributed by atoms with E-state index in [1.165, 1.54) is 4.68 Å². The number of nitrogens with one attached hydrogen (secondary N) is 2. The molecule has 2 aromatic carbocycles. The number of thioether (sulfide) groups is 1. The van der Waals surface area contributed by atoms with Gasteiger partial charge in [0.2, 0.25) is 11.1 Å². The summed E-state index contributed by atoms with van der Waals surface area (Å²) in [6, 6.07) is 15.2. The molecule has 0 saturated carbocycles. The molecule has 3 amide bonds. The highest BCUT2D eigenvalue weighted by Crippen LogP contribution is 2.20. The van der Waals surface area contributed by atoms with Crippen molar-refractivity contribution in [2.45, 2.75) is 5.16 Å². The second-order valence-corrected chi connectivity index (χ2v) is 6.39. The van der Waals surface area contributed by atoms with Crippen molar-refractivity contribution in [2.75, 3.05) is 11.1 Å². The lowest BCUT2D eigenvalue weighted by molar-refractivity contribution is -0.117. The van der Waals surface area contributed by atoms with Gasteiger partial charge in [0.15, 0.2) is 0 Å². The first-order chi connectivity index (χ1) is 12.6. The zero-order valence-corrected chi connectivity index (χ0v) is 14.9. The largest absolute Gasteiger partial charge is 0.325 e. The van der Waals surface area contributed by atoms with Gasteiger partial charge < -0.3 is 5.32 Å². The van der Waals surface area contributed by atoms with Crippen LogP contribution in [0.1, 0.15) is 0 Å². The molecule has 3 rings (SSSR count). The molecule has 0 aliphatic rings. The molecule has 0 unspecified atom stereocenters. The Labute approximate surface area is 157 Å². The summed E-state index contributed by atoms with van der Waals surface area (Å²) < 4.78 is 1.47. The number of imide groups is 1. The number of nitrogens with zero attached hydrogens (tertiary/aromatic N) is 4. The predicted molar refractivity (Wildman–Crippen MR) is 98.5 cm³/mol. The van der Waals surface area contributed by atoms with Gasteiger partial charge in [0.1, 0.15) is 0 Å². The number of carbonyl (C=O) groups excluding carboxylic acids is 2. The van der Waals surface area contributed by atoms with Crippen molar-refractivity contribution in [1.29, 1.82) is 0 Å². The minimum Gasteiger partial charge on any atom is -0.308 e. The van der Waals surface area contributed by atoms with E-state index in [-0.39, 0.29) is 5.75 Å². The van der Waals surface area contributed by atoms with Crippen LogP contribution in [-0.4, -0.2) is 37.9 Å². The zero-order chi connectivity index (χ0) is 18.4. The summed E-state index contributed by atoms with van der Waals surface area (Å²) in [7, 11) is 0. The lowest BCUT2D eigenvalue weighted by Crippen LogP contribution is -2.35. The molecule has 1 heterocycles. The van der Waals surface area contributed by atoms with Crippen molar-refractivity contribution in [3.63, 3.8) is 0 Å². The molecule has 132 valence electrons. The quantitative estimate of drug-likeness (QED) is 0.651. The number of rotatable bonds is 5. The zero-order valence-electron chi connectivity index (χ0n) is 13.3. The van der Waals surface area contributed by atoms with Gasteiger partial charge in [-0.3, -0.25) is 10.1 Å². The van der Waals surface area contributed by atoms with Crippen LogP contribution in [0.15, 0.2) is 59.8 Å². The average Bonchev–Trinajstić information content (AvgIpc) is 3.09. The molecule has 0 atom stereocenters. The minimum absolute atomic E-state index is 0.0247. The molecule has 0 saturated heterocycles. The molecule has 8 nitrogen and oxygen atoms in total. The number of hydrogen-bond acceptors (Lipinski definition) is 6. The third-order valence-corrected chi connectivity index (χ3v) is 4.27. The molecule has 3 aromatic rings. The average molecular weight is 389 g/mol. The van der Waals surface area contributed by atoms with Crippen LogP contribution in [0, 0.1) is 0 Å². The lowest BCUT2D eigenvalue weighted by atomic mass is 10.3. The molecule has 0 spiro atoms. The Hall–Kier alpha value is -2.91. The van der Waals surface area contributed by atoms with Crippen LogP contribution in [0.25, 0.3) is 5.69 Å². The van der Waals surface area contributed by atoms with E-state index in [4.69, 9.17) is 11.6 Å². The molecule has 1 aromatic heterocycles. The van der Waals surface area contributed by atoms with Crippen molar-refractivity contribution >= 4 is 41.0 Å². The van der Waals surface area contributed by atoms with E-state index in [0.717, 1.165) is 11.8 Å². The van der Waals surface area contributed by atoms with Crippen LogP contribution in [-0.2, 0) is 4.79 Å². The van der Waals surface area contributed by atoms with Gasteiger partial charge in [0.05, 0.1) is 11.4 Å². The SMILES string of the molecule is O=C(CSc1nnnn1-c1cccc(Cl)c1)NC(=O)Nc1ccccc1. The van der Waals surface area contributed by atoms with E-state index in [9.17, 15) is 9.59 Å². The van der Waals surface area contributed by atoms with Crippen LogP contribution in [0.5, 0.6) is 0 Å². The lowest BCUT2D eigenvalue weighted by Gasteiger charge is -2.07. The van der Waals surface area contributed by atoms with E-state index >= 15 is 0 Å². The summed E-state index contributed by atoms with van der Waals surface area (Å²) in [6.45, 7) is 0. The number of halogens is 1. The second-order valence-electron chi connectivity index (χ2n) is 5.01. The van der Waals surface area contributed by atoms with Crippen molar-refractivity contribution in [3.05, 3.63) is 59.6 Å². The molecule has 26 heavy (non-hydrogen) atoms. The number of amides is 3. The number of urea groups is 1. The topological polar surface area (TPSA) is 102 Å². The fourth-order valence-corrected chi connectivity index (χ4v) is 2.89. The maximum atomic E-state index is 11.9. The highest BCUT2D eigenvalue weighted by atomic mass is 35.5. The Kier molecular flexibility index (Phi) is 5.82. The van der Waals surface area contributed by atoms with Crippen molar-refractivity contribution in [3.8, 4) is 5.69 Å². The Morgan fingerprint density at radius 3 is 2.69 bits per heavy atom. The Morgan fingerprint density at radius 1 is 1.12 bits per heavy atom. The summed E-state index contributed by atoms with van der Waals surface area (Å²) in [5.74, 6) is -0.493. The minimum atomic E-state index is -0.601. The van der Waals surface area contributed by atoms with E-state index in [1.54, 1.807) is 48.5 Å². The van der Waals surface area contributed by atoms with Crippen LogP contribution in [0.3, 0.4) is 0 Å². The summed E-state index contributed by atoms with van der Waals surface area (Å²) in [4.78, 5) is 23.7. The number of anilines is 1. The maximum Gasteiger partial charge on any atom is 0.325 e. The van der Waals surface area contributed by atoms with Crippen molar-refractivity contribution < 1.29 is 9.59 Å². The maximum absolute atomic E-state index is 11.9. The second kappa shape index (κ2) is 8.45. The van der Waals surface area contributed by atoms with E-state index in [1.807, 2.05) is 6.07 Å². The van der Waals surface area contributed by atoms with Crippen molar-refractivity contribution in [1.82, 2.24) is 25.5 Å². The number of para-hydroxylation sites is 1. The summed E-state index contributed by atoms with van der Waals surface area (Å²) in [6.07, 6.45) is 0. The number of carbonyl (C=O) groups is 2. The molecule has 2 N–H and O–H groups in total. The van der Waals surface area contributed by atoms with Gasteiger partial charge in [-0.15, -0.1) is 5.10 Å². The molecule has 0 radical (unpaired) electrons. The van der Waals surface area contributed by atoms with Gasteiger partial charge in [-0.1, -0.05) is 47.6 Å². The van der Waals surface area contributed by atoms with Crippen LogP contribution in [0.4, 0.5) is 10.5 Å². The molecule has 0 aliphatic heterocycles. The van der Waals surface area contributed by atoms with Gasteiger partial charge in [-0.25, -0.2) is 4.79 Å². The standard InChI is InChI=1S/C16H13ClN6O2S/c17-11-5-4-8-13(9-11)23-16(20-21-22-23)26-10-14(24)19-15(25)18-12-6-2-1-3-7-12/h1-9H,10H2,(H2,18,19,24,25). The van der Waals surface area contributed by atoms with E-state index < -0.39 is 11.9 Å². The van der Waals surface area contributed by atoms with Crippen LogP contribution in [0.2, 0.25) is 5.02 Å². The molecule has 10 heteroatoms. The number of aromatic nitrogens is 4. The molecule has 0 fully saturated rings. The molecule has 0 bridgehead atoms. The summed E-state index contributed by atoms with van der Waals surface area (Å²) >= 11 is 7.07. The molecular weight excluding hydrogens is 376 g/mol. The van der Waals surface area contributed by atoms with Crippen LogP contribution >= 0.6 is 23.4 Å². The normalized spacial score (nSPS) is 10.3. The van der Waals surface area contributed by atoms with Crippen molar-refractivity contribution in [2.24, 2.45) is 0 Å². The first-order valence-electron chi connectivity index (χ1n) is 7.45. The predicted octanol–water partition coefficient (Wildman–Crippen LogP) is 2.76. The first-order valence-corrected chi connectivity index (χ1v) is 8.81. The smallest absolute Gasteiger partial charge is 0.308 e. The fraction of sp³-hybridized carbons (Fsp3) is 0.0625. The fourth-order valence-electron chi connectivity index (χ4n) is 2.02. The van der Waals surface area contributed by atoms with Gasteiger partial charge in [0.25, 0.3) is 0 Å². The summed E-state index contributed by atoms with van der Waals surface area (Å²) in [5.41, 5.74) is 1.27. The van der Waals surface area contributed by atoms with Gasteiger partial charge >= 0.3 is 6.03 Å². The molecule has 0 aliphatic carbocycles. The van der Waals surface area contributed by atoms with E-state index in [2.05, 4.69) is 26.2 Å². The third-order valence-electron chi connectivity index (χ3n) is 3.11. The van der Waals surface area contributed by atoms with Gasteiger partial charge in [-0.05, 0) is 40.8 Å². The summed E-state index contributed by atoms with van der Waals surface area (Å²) in [5, 5.41) is 17.2. The number of tetrazole rings is 1. The van der Waals surface area contributed by atoms with Crippen LogP contribution < -0.4 is 10.6 Å². The third kappa shape index (κ3) is 4.80. The Morgan fingerprint density at radius 2 is 1.92 bits per heavy atom. The monoisotopic (exact) mass is 388 g/mol. The van der Waals surface area contributed by atoms with E-state index in [0.29, 0.717) is 21.6 Å². The Bertz CT molecular complexity index is 918. The number of benzene rings is 2.